The van der Waals surface area contributed by atoms with Crippen molar-refractivity contribution in [3.63, 3.8) is 0 Å². The number of likely N-dealkylation sites (tertiary alicyclic amines) is 1. The van der Waals surface area contributed by atoms with Gasteiger partial charge < -0.3 is 14.7 Å². The van der Waals surface area contributed by atoms with Gasteiger partial charge in [0.25, 0.3) is 5.91 Å². The molecular weight excluding hydrogens is 306 g/mol. The molecule has 1 aliphatic rings. The second kappa shape index (κ2) is 6.30. The molecule has 0 bridgehead atoms. The van der Waals surface area contributed by atoms with Crippen LogP contribution < -0.4 is 4.74 Å². The Kier molecular flexibility index (Phi) is 4.19. The predicted octanol–water partition coefficient (Wildman–Crippen LogP) is 1.45. The largest absolute Gasteiger partial charge is 0.481 e. The van der Waals surface area contributed by atoms with E-state index in [9.17, 15) is 9.90 Å². The summed E-state index contributed by atoms with van der Waals surface area (Å²) in [6, 6.07) is 12.2. The molecule has 3 rings (SSSR count). The number of benzene rings is 1. The van der Waals surface area contributed by atoms with Crippen molar-refractivity contribution in [3.8, 4) is 11.8 Å². The van der Waals surface area contributed by atoms with Crippen molar-refractivity contribution in [3.05, 3.63) is 59.9 Å². The summed E-state index contributed by atoms with van der Waals surface area (Å²) in [5.41, 5.74) is 0.121. The van der Waals surface area contributed by atoms with Crippen LogP contribution in [-0.4, -0.2) is 40.1 Å². The molecule has 2 heterocycles. The average molecular weight is 323 g/mol. The molecule has 6 heteroatoms. The lowest BCUT2D eigenvalue weighted by molar-refractivity contribution is -0.163. The summed E-state index contributed by atoms with van der Waals surface area (Å²) >= 11 is 0. The van der Waals surface area contributed by atoms with E-state index in [1.165, 1.54) is 0 Å². The quantitative estimate of drug-likeness (QED) is 0.920. The zero-order valence-electron chi connectivity index (χ0n) is 13.2. The first-order chi connectivity index (χ1) is 11.5. The SMILES string of the molecule is CC(Oc1cccc(C#N)c1)C(=O)N1CC(O)(c2cccnc2)C1. The van der Waals surface area contributed by atoms with Crippen LogP contribution in [0.3, 0.4) is 0 Å². The molecule has 1 saturated heterocycles. The van der Waals surface area contributed by atoms with Gasteiger partial charge in [-0.05, 0) is 31.2 Å². The number of β-amino-alcohol motifs (C(OH)–C–C–N with tert-alkyl or cyclic N) is 1. The molecule has 24 heavy (non-hydrogen) atoms. The molecule has 1 unspecified atom stereocenters. The van der Waals surface area contributed by atoms with E-state index in [0.29, 0.717) is 16.9 Å². The molecule has 1 amide bonds. The topological polar surface area (TPSA) is 86.5 Å². The van der Waals surface area contributed by atoms with Crippen molar-refractivity contribution in [2.45, 2.75) is 18.6 Å². The van der Waals surface area contributed by atoms with Crippen molar-refractivity contribution < 1.29 is 14.6 Å². The Labute approximate surface area is 139 Å². The first-order valence-corrected chi connectivity index (χ1v) is 7.60. The summed E-state index contributed by atoms with van der Waals surface area (Å²) in [4.78, 5) is 18.0. The zero-order valence-corrected chi connectivity index (χ0v) is 13.2. The Morgan fingerprint density at radius 2 is 2.21 bits per heavy atom. The maximum Gasteiger partial charge on any atom is 0.263 e. The lowest BCUT2D eigenvalue weighted by atomic mass is 9.87. The van der Waals surface area contributed by atoms with Crippen LogP contribution in [0.4, 0.5) is 0 Å². The molecule has 122 valence electrons. The van der Waals surface area contributed by atoms with Crippen molar-refractivity contribution >= 4 is 5.91 Å². The second-order valence-electron chi connectivity index (χ2n) is 5.87. The molecule has 0 aliphatic carbocycles. The minimum atomic E-state index is -1.05. The van der Waals surface area contributed by atoms with Crippen molar-refractivity contribution in [2.24, 2.45) is 0 Å². The molecule has 1 fully saturated rings. The third kappa shape index (κ3) is 3.07. The van der Waals surface area contributed by atoms with Gasteiger partial charge in [-0.25, -0.2) is 0 Å². The number of nitrogens with zero attached hydrogens (tertiary/aromatic N) is 3. The standard InChI is InChI=1S/C18H17N3O3/c1-13(24-16-6-2-4-14(8-16)9-19)17(22)21-11-18(23,12-21)15-5-3-7-20-10-15/h2-8,10,13,23H,11-12H2,1H3. The van der Waals surface area contributed by atoms with Crippen LogP contribution in [0.25, 0.3) is 0 Å². The fourth-order valence-electron chi connectivity index (χ4n) is 2.71. The Morgan fingerprint density at radius 3 is 2.88 bits per heavy atom. The number of hydrogen-bond donors (Lipinski definition) is 1. The highest BCUT2D eigenvalue weighted by Crippen LogP contribution is 2.32. The Hall–Kier alpha value is -2.91. The molecule has 0 spiro atoms. The summed E-state index contributed by atoms with van der Waals surface area (Å²) in [5, 5.41) is 19.4. The number of nitriles is 1. The summed E-state index contributed by atoms with van der Waals surface area (Å²) in [6.07, 6.45) is 2.55. The van der Waals surface area contributed by atoms with Gasteiger partial charge in [-0.3, -0.25) is 9.78 Å². The summed E-state index contributed by atoms with van der Waals surface area (Å²) in [5.74, 6) is 0.267. The zero-order chi connectivity index (χ0) is 17.2. The van der Waals surface area contributed by atoms with Gasteiger partial charge in [0.2, 0.25) is 0 Å². The highest BCUT2D eigenvalue weighted by Gasteiger charge is 2.46. The maximum absolute atomic E-state index is 12.4. The van der Waals surface area contributed by atoms with Gasteiger partial charge in [0, 0.05) is 18.0 Å². The van der Waals surface area contributed by atoms with E-state index in [4.69, 9.17) is 10.00 Å². The number of hydrogen-bond acceptors (Lipinski definition) is 5. The third-order valence-corrected chi connectivity index (χ3v) is 4.04. The number of amides is 1. The number of carbonyl (C=O) groups excluding carboxylic acids is 1. The molecule has 1 aromatic carbocycles. The van der Waals surface area contributed by atoms with Gasteiger partial charge in [-0.2, -0.15) is 5.26 Å². The molecule has 2 aromatic rings. The number of aromatic nitrogens is 1. The first-order valence-electron chi connectivity index (χ1n) is 7.60. The maximum atomic E-state index is 12.4. The molecule has 1 aliphatic heterocycles. The van der Waals surface area contributed by atoms with E-state index < -0.39 is 11.7 Å². The molecule has 1 aromatic heterocycles. The molecular formula is C18H17N3O3. The molecule has 1 N–H and O–H groups in total. The highest BCUT2D eigenvalue weighted by atomic mass is 16.5. The Bertz CT molecular complexity index is 780. The summed E-state index contributed by atoms with van der Waals surface area (Å²) in [6.45, 7) is 2.08. The van der Waals surface area contributed by atoms with Crippen molar-refractivity contribution in [1.82, 2.24) is 9.88 Å². The van der Waals surface area contributed by atoms with E-state index in [1.54, 1.807) is 60.6 Å². The smallest absolute Gasteiger partial charge is 0.263 e. The minimum Gasteiger partial charge on any atom is -0.481 e. The van der Waals surface area contributed by atoms with Crippen LogP contribution in [0.15, 0.2) is 48.8 Å². The molecule has 0 radical (unpaired) electrons. The van der Waals surface area contributed by atoms with Crippen molar-refractivity contribution in [2.75, 3.05) is 13.1 Å². The van der Waals surface area contributed by atoms with Crippen LogP contribution in [0.5, 0.6) is 5.75 Å². The van der Waals surface area contributed by atoms with E-state index in [1.807, 2.05) is 6.07 Å². The fourth-order valence-corrected chi connectivity index (χ4v) is 2.71. The lowest BCUT2D eigenvalue weighted by Gasteiger charge is -2.47. The molecule has 1 atom stereocenters. The van der Waals surface area contributed by atoms with Crippen LogP contribution in [0, 0.1) is 11.3 Å². The average Bonchev–Trinajstić information content (AvgIpc) is 2.59. The van der Waals surface area contributed by atoms with Crippen LogP contribution in [0.2, 0.25) is 0 Å². The Morgan fingerprint density at radius 1 is 1.42 bits per heavy atom. The van der Waals surface area contributed by atoms with Gasteiger partial charge in [0.1, 0.15) is 11.4 Å². The molecule has 0 saturated carbocycles. The van der Waals surface area contributed by atoms with Gasteiger partial charge in [0.05, 0.1) is 24.7 Å². The van der Waals surface area contributed by atoms with E-state index in [-0.39, 0.29) is 19.0 Å². The van der Waals surface area contributed by atoms with Gasteiger partial charge in [-0.15, -0.1) is 0 Å². The number of carbonyl (C=O) groups is 1. The van der Waals surface area contributed by atoms with E-state index in [2.05, 4.69) is 4.98 Å². The van der Waals surface area contributed by atoms with Gasteiger partial charge in [-0.1, -0.05) is 12.1 Å². The normalized spacial score (nSPS) is 16.6. The number of pyridine rings is 1. The first kappa shape index (κ1) is 16.0. The highest BCUT2D eigenvalue weighted by molar-refractivity contribution is 5.82. The Balaban J connectivity index is 1.61. The van der Waals surface area contributed by atoms with Crippen LogP contribution in [0.1, 0.15) is 18.1 Å². The number of ether oxygens (including phenoxy) is 1. The second-order valence-corrected chi connectivity index (χ2v) is 5.87. The summed E-state index contributed by atoms with van der Waals surface area (Å²) < 4.78 is 5.61. The van der Waals surface area contributed by atoms with Gasteiger partial charge >= 0.3 is 0 Å². The monoisotopic (exact) mass is 323 g/mol. The number of rotatable bonds is 4. The van der Waals surface area contributed by atoms with Crippen LogP contribution >= 0.6 is 0 Å². The van der Waals surface area contributed by atoms with Crippen molar-refractivity contribution in [1.29, 1.82) is 5.26 Å². The minimum absolute atomic E-state index is 0.203. The molecule has 6 nitrogen and oxygen atoms in total. The predicted molar refractivity (Wildman–Crippen MR) is 86.0 cm³/mol. The van der Waals surface area contributed by atoms with E-state index >= 15 is 0 Å². The third-order valence-electron chi connectivity index (χ3n) is 4.04. The lowest BCUT2D eigenvalue weighted by Crippen LogP contribution is -2.63. The fraction of sp³-hybridized carbons (Fsp3) is 0.278. The summed E-state index contributed by atoms with van der Waals surface area (Å²) in [7, 11) is 0. The number of aliphatic hydroxyl groups is 1. The van der Waals surface area contributed by atoms with Gasteiger partial charge in [0.15, 0.2) is 6.10 Å². The van der Waals surface area contributed by atoms with Crippen LogP contribution in [-0.2, 0) is 10.4 Å². The van der Waals surface area contributed by atoms with E-state index in [0.717, 1.165) is 0 Å².